The monoisotopic (exact) mass is 253 g/mol. The molecule has 0 N–H and O–H groups in total. The Morgan fingerprint density at radius 3 is 3.00 bits per heavy atom. The van der Waals surface area contributed by atoms with Gasteiger partial charge in [-0.1, -0.05) is 6.07 Å². The summed E-state index contributed by atoms with van der Waals surface area (Å²) in [5.41, 5.74) is 0.958. The molecule has 2 rings (SSSR count). The van der Waals surface area contributed by atoms with Crippen LogP contribution in [0.5, 0.6) is 0 Å². The molecule has 0 radical (unpaired) electrons. The summed E-state index contributed by atoms with van der Waals surface area (Å²) < 4.78 is 0. The second kappa shape index (κ2) is 5.69. The Labute approximate surface area is 108 Å². The number of halogens is 1. The topological polar surface area (TPSA) is 19.4 Å². The van der Waals surface area contributed by atoms with Gasteiger partial charge in [0.05, 0.1) is 11.6 Å². The first-order valence-electron chi connectivity index (χ1n) is 6.14. The van der Waals surface area contributed by atoms with Crippen molar-refractivity contribution in [2.24, 2.45) is 0 Å². The number of alkyl halides is 1. The van der Waals surface area contributed by atoms with Crippen LogP contribution in [0, 0.1) is 0 Å². The summed E-state index contributed by atoms with van der Waals surface area (Å²) in [6.45, 7) is 2.20. The van der Waals surface area contributed by atoms with E-state index in [0.29, 0.717) is 11.9 Å². The highest BCUT2D eigenvalue weighted by atomic mass is 35.5. The fourth-order valence-corrected chi connectivity index (χ4v) is 2.60. The van der Waals surface area contributed by atoms with Gasteiger partial charge in [0.1, 0.15) is 5.82 Å². The molecule has 2 heterocycles. The third-order valence-electron chi connectivity index (χ3n) is 3.18. The van der Waals surface area contributed by atoms with Crippen molar-refractivity contribution < 1.29 is 0 Å². The van der Waals surface area contributed by atoms with Gasteiger partial charge in [0, 0.05) is 19.1 Å². The zero-order chi connectivity index (χ0) is 12.3. The van der Waals surface area contributed by atoms with Gasteiger partial charge in [-0.3, -0.25) is 0 Å². The molecule has 1 saturated heterocycles. The van der Waals surface area contributed by atoms with Crippen LogP contribution >= 0.6 is 11.6 Å². The maximum absolute atomic E-state index is 5.84. The van der Waals surface area contributed by atoms with Gasteiger partial charge in [0.2, 0.25) is 0 Å². The Kier molecular flexibility index (Phi) is 4.24. The Balaban J connectivity index is 2.14. The van der Waals surface area contributed by atoms with E-state index in [1.54, 1.807) is 0 Å². The van der Waals surface area contributed by atoms with Crippen molar-refractivity contribution >= 4 is 17.4 Å². The number of likely N-dealkylation sites (N-methyl/N-ethyl adjacent to an activating group) is 1. The van der Waals surface area contributed by atoms with Crippen LogP contribution in [-0.4, -0.2) is 43.1 Å². The van der Waals surface area contributed by atoms with E-state index in [1.807, 2.05) is 12.1 Å². The first-order chi connectivity index (χ1) is 8.20. The molecule has 0 bridgehead atoms. The number of hydrogen-bond donors (Lipinski definition) is 0. The van der Waals surface area contributed by atoms with Gasteiger partial charge in [0.15, 0.2) is 0 Å². The summed E-state index contributed by atoms with van der Waals surface area (Å²) in [5.74, 6) is 1.56. The van der Waals surface area contributed by atoms with E-state index in [1.165, 1.54) is 12.8 Å². The van der Waals surface area contributed by atoms with Crippen molar-refractivity contribution in [2.75, 3.05) is 32.1 Å². The van der Waals surface area contributed by atoms with Crippen LogP contribution in [0.3, 0.4) is 0 Å². The molecule has 0 spiro atoms. The fraction of sp³-hybridized carbons (Fsp3) is 0.615. The first kappa shape index (κ1) is 12.7. The van der Waals surface area contributed by atoms with Crippen LogP contribution in [-0.2, 0) is 5.88 Å². The van der Waals surface area contributed by atoms with Crippen LogP contribution in [0.25, 0.3) is 0 Å². The van der Waals surface area contributed by atoms with Gasteiger partial charge in [0.25, 0.3) is 0 Å². The number of hydrogen-bond acceptors (Lipinski definition) is 3. The second-order valence-electron chi connectivity index (χ2n) is 4.87. The maximum atomic E-state index is 5.84. The largest absolute Gasteiger partial charge is 0.352 e. The van der Waals surface area contributed by atoms with E-state index in [0.717, 1.165) is 24.6 Å². The summed E-state index contributed by atoms with van der Waals surface area (Å²) in [5, 5.41) is 0. The van der Waals surface area contributed by atoms with Crippen LogP contribution < -0.4 is 4.90 Å². The Morgan fingerprint density at radius 1 is 1.47 bits per heavy atom. The normalized spacial score (nSPS) is 20.2. The molecule has 0 amide bonds. The van der Waals surface area contributed by atoms with Gasteiger partial charge in [-0.05, 0) is 39.1 Å². The predicted molar refractivity (Wildman–Crippen MR) is 72.7 cm³/mol. The standard InChI is InChI=1S/C13H20ClN3/c1-16(2)10-12-6-4-8-17(12)13-7-3-5-11(9-14)15-13/h3,5,7,12H,4,6,8-10H2,1-2H3. The molecule has 3 nitrogen and oxygen atoms in total. The van der Waals surface area contributed by atoms with E-state index in [9.17, 15) is 0 Å². The van der Waals surface area contributed by atoms with Crippen molar-refractivity contribution in [3.63, 3.8) is 0 Å². The van der Waals surface area contributed by atoms with E-state index < -0.39 is 0 Å². The van der Waals surface area contributed by atoms with E-state index in [2.05, 4.69) is 34.9 Å². The quantitative estimate of drug-likeness (QED) is 0.768. The van der Waals surface area contributed by atoms with Crippen molar-refractivity contribution in [3.05, 3.63) is 23.9 Å². The van der Waals surface area contributed by atoms with E-state index >= 15 is 0 Å². The molecule has 1 unspecified atom stereocenters. The highest BCUT2D eigenvalue weighted by Gasteiger charge is 2.25. The SMILES string of the molecule is CN(C)CC1CCCN1c1cccc(CCl)n1. The second-order valence-corrected chi connectivity index (χ2v) is 5.14. The Morgan fingerprint density at radius 2 is 2.29 bits per heavy atom. The van der Waals surface area contributed by atoms with E-state index in [-0.39, 0.29) is 0 Å². The predicted octanol–water partition coefficient (Wildman–Crippen LogP) is 2.35. The van der Waals surface area contributed by atoms with Gasteiger partial charge >= 0.3 is 0 Å². The molecule has 1 aromatic heterocycles. The summed E-state index contributed by atoms with van der Waals surface area (Å²) in [6.07, 6.45) is 2.51. The highest BCUT2D eigenvalue weighted by molar-refractivity contribution is 6.16. The zero-order valence-electron chi connectivity index (χ0n) is 10.6. The average Bonchev–Trinajstić information content (AvgIpc) is 2.76. The molecule has 0 saturated carbocycles. The molecule has 1 fully saturated rings. The van der Waals surface area contributed by atoms with E-state index in [4.69, 9.17) is 11.6 Å². The number of aromatic nitrogens is 1. The lowest BCUT2D eigenvalue weighted by Crippen LogP contribution is -2.38. The van der Waals surface area contributed by atoms with Crippen molar-refractivity contribution in [2.45, 2.75) is 24.8 Å². The van der Waals surface area contributed by atoms with Gasteiger partial charge in [-0.15, -0.1) is 11.6 Å². The summed E-state index contributed by atoms with van der Waals surface area (Å²) >= 11 is 5.84. The number of pyridine rings is 1. The van der Waals surface area contributed by atoms with Gasteiger partial charge in [-0.2, -0.15) is 0 Å². The lowest BCUT2D eigenvalue weighted by Gasteiger charge is -2.28. The summed E-state index contributed by atoms with van der Waals surface area (Å²) in [4.78, 5) is 9.26. The van der Waals surface area contributed by atoms with Crippen LogP contribution in [0.15, 0.2) is 18.2 Å². The highest BCUT2D eigenvalue weighted by Crippen LogP contribution is 2.24. The molecule has 4 heteroatoms. The third-order valence-corrected chi connectivity index (χ3v) is 3.45. The van der Waals surface area contributed by atoms with Gasteiger partial charge in [-0.25, -0.2) is 4.98 Å². The smallest absolute Gasteiger partial charge is 0.129 e. The number of rotatable bonds is 4. The summed E-state index contributed by atoms with van der Waals surface area (Å²) in [6, 6.07) is 6.70. The third kappa shape index (κ3) is 3.11. The molecule has 1 aliphatic rings. The number of nitrogens with zero attached hydrogens (tertiary/aromatic N) is 3. The minimum Gasteiger partial charge on any atom is -0.352 e. The van der Waals surface area contributed by atoms with Crippen LogP contribution in [0.4, 0.5) is 5.82 Å². The molecular weight excluding hydrogens is 234 g/mol. The lowest BCUT2D eigenvalue weighted by atomic mass is 10.2. The average molecular weight is 254 g/mol. The molecule has 1 atom stereocenters. The minimum atomic E-state index is 0.486. The molecular formula is C13H20ClN3. The zero-order valence-corrected chi connectivity index (χ0v) is 11.3. The van der Waals surface area contributed by atoms with Crippen LogP contribution in [0.1, 0.15) is 18.5 Å². The molecule has 1 aromatic rings. The Bertz CT molecular complexity index is 367. The van der Waals surface area contributed by atoms with Crippen molar-refractivity contribution in [1.82, 2.24) is 9.88 Å². The maximum Gasteiger partial charge on any atom is 0.129 e. The Hall–Kier alpha value is -0.800. The van der Waals surface area contributed by atoms with Crippen LogP contribution in [0.2, 0.25) is 0 Å². The molecule has 17 heavy (non-hydrogen) atoms. The van der Waals surface area contributed by atoms with Gasteiger partial charge < -0.3 is 9.80 Å². The molecule has 0 aliphatic carbocycles. The fourth-order valence-electron chi connectivity index (χ4n) is 2.45. The molecule has 0 aromatic carbocycles. The first-order valence-corrected chi connectivity index (χ1v) is 6.67. The lowest BCUT2D eigenvalue weighted by molar-refractivity contribution is 0.371. The minimum absolute atomic E-state index is 0.486. The van der Waals surface area contributed by atoms with Crippen molar-refractivity contribution in [3.8, 4) is 0 Å². The summed E-state index contributed by atoms with van der Waals surface area (Å²) in [7, 11) is 4.25. The molecule has 94 valence electrons. The number of anilines is 1. The van der Waals surface area contributed by atoms with Crippen molar-refractivity contribution in [1.29, 1.82) is 0 Å². The molecule has 1 aliphatic heterocycles.